The molecule has 12 aromatic rings. The van der Waals surface area contributed by atoms with Gasteiger partial charge in [-0.2, -0.15) is 0 Å². The van der Waals surface area contributed by atoms with Crippen molar-refractivity contribution in [1.29, 1.82) is 0 Å². The molecule has 0 unspecified atom stereocenters. The molecule has 3 aromatic heterocycles. The van der Waals surface area contributed by atoms with E-state index in [0.29, 0.717) is 0 Å². The Balaban J connectivity index is 0.884. The summed E-state index contributed by atoms with van der Waals surface area (Å²) in [4.78, 5) is 5.23. The van der Waals surface area contributed by atoms with E-state index in [-0.39, 0.29) is 0 Å². The lowest BCUT2D eigenvalue weighted by Crippen LogP contribution is -2.28. The number of hydrogen-bond donors (Lipinski definition) is 0. The lowest BCUT2D eigenvalue weighted by Gasteiger charge is -2.33. The summed E-state index contributed by atoms with van der Waals surface area (Å²) in [5.41, 5.74) is 17.7. The third-order valence-corrected chi connectivity index (χ3v) is 14.2. The number of para-hydroxylation sites is 2. The topological polar surface area (TPSA) is 17.3 Å². The summed E-state index contributed by atoms with van der Waals surface area (Å²) >= 11 is 1.84. The maximum absolute atomic E-state index is 5.23. The molecule has 1 aliphatic carbocycles. The highest BCUT2D eigenvalue weighted by atomic mass is 32.1. The largest absolute Gasteiger partial charge is 0.291 e. The molecule has 0 aliphatic heterocycles. The zero-order valence-corrected chi connectivity index (χ0v) is 33.9. The van der Waals surface area contributed by atoms with Gasteiger partial charge in [0, 0.05) is 15.5 Å². The molecule has 0 spiro atoms. The average Bonchev–Trinajstić information content (AvgIpc) is 3.99. The number of benzene rings is 9. The van der Waals surface area contributed by atoms with Crippen LogP contribution in [0.1, 0.15) is 22.3 Å². The van der Waals surface area contributed by atoms with Crippen molar-refractivity contribution in [3.05, 3.63) is 241 Å². The molecule has 0 saturated carbocycles. The number of hydrogen-bond acceptors (Lipinski definition) is 2. The zero-order valence-electron chi connectivity index (χ0n) is 33.1. The number of aromatic nitrogens is 2. The Morgan fingerprint density at radius 1 is 0.410 bits per heavy atom. The highest BCUT2D eigenvalue weighted by Crippen LogP contribution is 2.56. The molecule has 13 rings (SSSR count). The molecule has 1 aliphatic rings. The molecule has 61 heavy (non-hydrogen) atoms. The molecule has 3 heteroatoms. The molecule has 3 heterocycles. The number of imidazole rings is 1. The molecule has 0 atom stereocenters. The maximum atomic E-state index is 5.23. The van der Waals surface area contributed by atoms with Crippen LogP contribution in [0, 0.1) is 0 Å². The van der Waals surface area contributed by atoms with Crippen molar-refractivity contribution in [2.24, 2.45) is 0 Å². The first-order valence-electron chi connectivity index (χ1n) is 20.9. The lowest BCUT2D eigenvalue weighted by atomic mass is 9.67. The third-order valence-electron chi connectivity index (χ3n) is 13.1. The highest BCUT2D eigenvalue weighted by molar-refractivity contribution is 7.26. The standard InChI is InChI=1S/C58H36N2S/c1-3-15-44(16-4-1)58(45-17-5-2-6-18-45)50-20-10-9-19-46(50)47-33-43(31-32-51(47)58)39-25-23-37(24-26-39)38-27-29-40(30-28-38)54-36-49-48-34-41-13-7-8-14-42(41)35-55(48)61-56(49)57-59-52-21-11-12-22-53(52)60(54)57/h1-36H. The van der Waals surface area contributed by atoms with Crippen LogP contribution in [-0.4, -0.2) is 9.38 Å². The molecule has 9 aromatic carbocycles. The van der Waals surface area contributed by atoms with Crippen LogP contribution >= 0.6 is 11.3 Å². The Morgan fingerprint density at radius 2 is 0.967 bits per heavy atom. The Bertz CT molecular complexity index is 3630. The summed E-state index contributed by atoms with van der Waals surface area (Å²) < 4.78 is 4.87. The Labute approximate surface area is 357 Å². The smallest absolute Gasteiger partial charge is 0.156 e. The molecule has 0 radical (unpaired) electrons. The van der Waals surface area contributed by atoms with Crippen LogP contribution in [0.5, 0.6) is 0 Å². The van der Waals surface area contributed by atoms with E-state index < -0.39 is 5.41 Å². The van der Waals surface area contributed by atoms with Gasteiger partial charge in [-0.1, -0.05) is 182 Å². The first-order chi connectivity index (χ1) is 30.2. The highest BCUT2D eigenvalue weighted by Gasteiger charge is 2.45. The summed E-state index contributed by atoms with van der Waals surface area (Å²) in [6, 6.07) is 80.4. The van der Waals surface area contributed by atoms with Crippen LogP contribution < -0.4 is 0 Å². The van der Waals surface area contributed by atoms with E-state index >= 15 is 0 Å². The fraction of sp³-hybridized carbons (Fsp3) is 0.0172. The van der Waals surface area contributed by atoms with Crippen molar-refractivity contribution in [3.8, 4) is 44.6 Å². The minimum Gasteiger partial charge on any atom is -0.291 e. The zero-order chi connectivity index (χ0) is 40.1. The molecular formula is C58H36N2S. The van der Waals surface area contributed by atoms with E-state index in [1.165, 1.54) is 86.6 Å². The van der Waals surface area contributed by atoms with Gasteiger partial charge in [0.15, 0.2) is 5.65 Å². The number of rotatable bonds is 5. The predicted octanol–water partition coefficient (Wildman–Crippen LogP) is 15.4. The number of nitrogens with zero attached hydrogens (tertiary/aromatic N) is 2. The van der Waals surface area contributed by atoms with Crippen LogP contribution in [0.4, 0.5) is 0 Å². The van der Waals surface area contributed by atoms with Crippen LogP contribution in [-0.2, 0) is 5.41 Å². The van der Waals surface area contributed by atoms with Crippen LogP contribution in [0.2, 0.25) is 0 Å². The average molecular weight is 793 g/mol. The summed E-state index contributed by atoms with van der Waals surface area (Å²) in [5.74, 6) is 0. The van der Waals surface area contributed by atoms with Gasteiger partial charge in [-0.05, 0) is 108 Å². The second-order valence-corrected chi connectivity index (χ2v) is 17.3. The Kier molecular flexibility index (Phi) is 7.42. The normalized spacial score (nSPS) is 13.0. The van der Waals surface area contributed by atoms with Gasteiger partial charge in [0.1, 0.15) is 0 Å². The van der Waals surface area contributed by atoms with Gasteiger partial charge in [0.2, 0.25) is 0 Å². The second kappa shape index (κ2) is 13.2. The second-order valence-electron chi connectivity index (χ2n) is 16.3. The summed E-state index contributed by atoms with van der Waals surface area (Å²) in [7, 11) is 0. The van der Waals surface area contributed by atoms with Crippen molar-refractivity contribution >= 4 is 59.0 Å². The van der Waals surface area contributed by atoms with Gasteiger partial charge < -0.3 is 0 Å². The van der Waals surface area contributed by atoms with Gasteiger partial charge in [0.25, 0.3) is 0 Å². The van der Waals surface area contributed by atoms with E-state index in [9.17, 15) is 0 Å². The van der Waals surface area contributed by atoms with Crippen molar-refractivity contribution in [2.75, 3.05) is 0 Å². The monoisotopic (exact) mass is 792 g/mol. The molecule has 0 amide bonds. The van der Waals surface area contributed by atoms with E-state index in [2.05, 4.69) is 223 Å². The summed E-state index contributed by atoms with van der Waals surface area (Å²) in [6.07, 6.45) is 0. The van der Waals surface area contributed by atoms with Gasteiger partial charge >= 0.3 is 0 Å². The minimum atomic E-state index is -0.391. The Hall–Kier alpha value is -7.59. The number of pyridine rings is 1. The van der Waals surface area contributed by atoms with E-state index in [1.54, 1.807) is 0 Å². The number of fused-ring (bicyclic) bond motifs is 11. The van der Waals surface area contributed by atoms with Crippen molar-refractivity contribution in [3.63, 3.8) is 0 Å². The first kappa shape index (κ1) is 34.3. The van der Waals surface area contributed by atoms with Crippen molar-refractivity contribution in [2.45, 2.75) is 5.41 Å². The van der Waals surface area contributed by atoms with E-state index in [1.807, 2.05) is 11.3 Å². The van der Waals surface area contributed by atoms with Gasteiger partial charge in [-0.15, -0.1) is 11.3 Å². The van der Waals surface area contributed by atoms with Gasteiger partial charge in [-0.3, -0.25) is 4.40 Å². The fourth-order valence-corrected chi connectivity index (χ4v) is 11.5. The molecule has 2 nitrogen and oxygen atoms in total. The molecule has 284 valence electrons. The minimum absolute atomic E-state index is 0.391. The van der Waals surface area contributed by atoms with Crippen LogP contribution in [0.15, 0.2) is 218 Å². The lowest BCUT2D eigenvalue weighted by molar-refractivity contribution is 0.768. The molecule has 0 fully saturated rings. The summed E-state index contributed by atoms with van der Waals surface area (Å²) in [6.45, 7) is 0. The predicted molar refractivity (Wildman–Crippen MR) is 257 cm³/mol. The molecule has 0 N–H and O–H groups in total. The maximum Gasteiger partial charge on any atom is 0.156 e. The van der Waals surface area contributed by atoms with Crippen LogP contribution in [0.3, 0.4) is 0 Å². The Morgan fingerprint density at radius 3 is 1.69 bits per heavy atom. The molecular weight excluding hydrogens is 757 g/mol. The first-order valence-corrected chi connectivity index (χ1v) is 21.8. The van der Waals surface area contributed by atoms with Crippen LogP contribution in [0.25, 0.3) is 92.3 Å². The van der Waals surface area contributed by atoms with Crippen molar-refractivity contribution < 1.29 is 0 Å². The SMILES string of the molecule is c1ccc(C2(c3ccccc3)c3ccccc3-c3cc(-c4ccc(-c5ccc(-c6cc7c8cc9ccccc9cc8sc7c7nc8ccccc8n67)cc5)cc4)ccc32)cc1. The number of thiophene rings is 1. The molecule has 0 saturated heterocycles. The fourth-order valence-electron chi connectivity index (χ4n) is 10.3. The van der Waals surface area contributed by atoms with Gasteiger partial charge in [-0.25, -0.2) is 4.98 Å². The van der Waals surface area contributed by atoms with Crippen molar-refractivity contribution in [1.82, 2.24) is 9.38 Å². The van der Waals surface area contributed by atoms with Gasteiger partial charge in [0.05, 0.1) is 26.8 Å². The summed E-state index contributed by atoms with van der Waals surface area (Å²) in [5, 5.41) is 5.06. The van der Waals surface area contributed by atoms with E-state index in [4.69, 9.17) is 4.98 Å². The molecule has 0 bridgehead atoms. The van der Waals surface area contributed by atoms with E-state index in [0.717, 1.165) is 27.9 Å². The third kappa shape index (κ3) is 5.05. The quantitative estimate of drug-likeness (QED) is 0.170.